The molecule has 0 saturated heterocycles. The molecule has 0 radical (unpaired) electrons. The topological polar surface area (TPSA) is 124 Å². The number of aromatic nitrogens is 3. The zero-order valence-electron chi connectivity index (χ0n) is 20.4. The molecule has 4 aromatic rings. The third-order valence-electron chi connectivity index (χ3n) is 6.04. The van der Waals surface area contributed by atoms with Gasteiger partial charge in [-0.2, -0.15) is 0 Å². The predicted molar refractivity (Wildman–Crippen MR) is 137 cm³/mol. The van der Waals surface area contributed by atoms with Crippen molar-refractivity contribution < 1.29 is 14.3 Å². The van der Waals surface area contributed by atoms with Gasteiger partial charge in [0.2, 0.25) is 11.8 Å². The Morgan fingerprint density at radius 3 is 2.64 bits per heavy atom. The van der Waals surface area contributed by atoms with E-state index in [1.54, 1.807) is 41.0 Å². The minimum absolute atomic E-state index is 0.0115. The number of anilines is 2. The highest BCUT2D eigenvalue weighted by atomic mass is 16.5. The first-order chi connectivity index (χ1) is 17.2. The van der Waals surface area contributed by atoms with Crippen LogP contribution in [-0.2, 0) is 10.3 Å². The lowest BCUT2D eigenvalue weighted by atomic mass is 9.94. The van der Waals surface area contributed by atoms with Crippen LogP contribution >= 0.6 is 0 Å². The van der Waals surface area contributed by atoms with Crippen LogP contribution in [-0.4, -0.2) is 26.4 Å². The lowest BCUT2D eigenvalue weighted by Crippen LogP contribution is -2.29. The third kappa shape index (κ3) is 5.21. The van der Waals surface area contributed by atoms with Gasteiger partial charge in [0.15, 0.2) is 11.5 Å². The molecule has 2 amide bonds. The standard InChI is InChI=1S/C27H28N6O3/c1-16-7-10-20(14-21(16)29-26(35)18-5-4-6-19(13-18)27(2,3)28)36-24-12-11-23-30-22(15-33(23)32-24)31-25(34)17-8-9-17/h4-7,10-15,17H,8-9,28H2,1-3H3,(H,29,35)(H,31,34). The minimum atomic E-state index is -0.549. The van der Waals surface area contributed by atoms with Gasteiger partial charge in [0, 0.05) is 34.8 Å². The molecule has 1 aliphatic rings. The van der Waals surface area contributed by atoms with Crippen molar-refractivity contribution in [1.29, 1.82) is 0 Å². The Bertz CT molecular complexity index is 1470. The average molecular weight is 485 g/mol. The lowest BCUT2D eigenvalue weighted by molar-refractivity contribution is -0.117. The van der Waals surface area contributed by atoms with Gasteiger partial charge >= 0.3 is 0 Å². The van der Waals surface area contributed by atoms with Crippen LogP contribution in [0.2, 0.25) is 0 Å². The van der Waals surface area contributed by atoms with Gasteiger partial charge in [0.25, 0.3) is 5.91 Å². The van der Waals surface area contributed by atoms with Crippen molar-refractivity contribution in [2.45, 2.75) is 39.2 Å². The molecule has 0 spiro atoms. The second-order valence-corrected chi connectivity index (χ2v) is 9.70. The Balaban J connectivity index is 1.31. The molecule has 2 aromatic heterocycles. The number of imidazole rings is 1. The Hall–Kier alpha value is -4.24. The number of nitrogens with two attached hydrogens (primary N) is 1. The van der Waals surface area contributed by atoms with Crippen molar-refractivity contribution in [3.63, 3.8) is 0 Å². The van der Waals surface area contributed by atoms with Crippen molar-refractivity contribution in [3.05, 3.63) is 77.5 Å². The molecule has 36 heavy (non-hydrogen) atoms. The first-order valence-corrected chi connectivity index (χ1v) is 11.8. The molecule has 5 rings (SSSR count). The van der Waals surface area contributed by atoms with E-state index in [0.717, 1.165) is 24.0 Å². The largest absolute Gasteiger partial charge is 0.438 e. The molecule has 0 aliphatic heterocycles. The molecule has 4 N–H and O–H groups in total. The van der Waals surface area contributed by atoms with Crippen LogP contribution in [0.25, 0.3) is 5.65 Å². The van der Waals surface area contributed by atoms with Gasteiger partial charge in [-0.15, -0.1) is 5.10 Å². The fraction of sp³-hybridized carbons (Fsp3) is 0.259. The van der Waals surface area contributed by atoms with Crippen LogP contribution in [0, 0.1) is 12.8 Å². The number of hydrogen-bond donors (Lipinski definition) is 3. The van der Waals surface area contributed by atoms with Gasteiger partial charge in [-0.1, -0.05) is 18.2 Å². The first kappa shape index (κ1) is 23.5. The second-order valence-electron chi connectivity index (χ2n) is 9.70. The summed E-state index contributed by atoms with van der Waals surface area (Å²) in [6.45, 7) is 5.70. The van der Waals surface area contributed by atoms with Crippen LogP contribution < -0.4 is 21.1 Å². The number of rotatable bonds is 7. The van der Waals surface area contributed by atoms with Gasteiger partial charge in [0.05, 0.1) is 6.20 Å². The first-order valence-electron chi connectivity index (χ1n) is 11.8. The van der Waals surface area contributed by atoms with E-state index >= 15 is 0 Å². The molecule has 184 valence electrons. The van der Waals surface area contributed by atoms with Crippen molar-refractivity contribution in [3.8, 4) is 11.6 Å². The predicted octanol–water partition coefficient (Wildman–Crippen LogP) is 4.62. The Morgan fingerprint density at radius 1 is 1.08 bits per heavy atom. The Kier molecular flexibility index (Phi) is 5.93. The number of nitrogens with zero attached hydrogens (tertiary/aromatic N) is 3. The van der Waals surface area contributed by atoms with E-state index < -0.39 is 5.54 Å². The van der Waals surface area contributed by atoms with Crippen LogP contribution in [0.3, 0.4) is 0 Å². The highest BCUT2D eigenvalue weighted by Gasteiger charge is 2.30. The molecule has 1 aliphatic carbocycles. The number of carbonyl (C=O) groups excluding carboxylic acids is 2. The van der Waals surface area contributed by atoms with Gasteiger partial charge in [-0.05, 0) is 69.0 Å². The van der Waals surface area contributed by atoms with E-state index in [1.165, 1.54) is 0 Å². The minimum Gasteiger partial charge on any atom is -0.438 e. The maximum Gasteiger partial charge on any atom is 0.255 e. The summed E-state index contributed by atoms with van der Waals surface area (Å²) in [6, 6.07) is 16.2. The monoisotopic (exact) mass is 484 g/mol. The number of amides is 2. The molecule has 9 heteroatoms. The summed E-state index contributed by atoms with van der Waals surface area (Å²) in [5.74, 6) is 1.16. The third-order valence-corrected chi connectivity index (χ3v) is 6.04. The van der Waals surface area contributed by atoms with Crippen molar-refractivity contribution >= 4 is 29.0 Å². The fourth-order valence-corrected chi connectivity index (χ4v) is 3.73. The average Bonchev–Trinajstić information content (AvgIpc) is 3.61. The second kappa shape index (κ2) is 9.09. The highest BCUT2D eigenvalue weighted by molar-refractivity contribution is 6.04. The quantitative estimate of drug-likeness (QED) is 0.352. The fourth-order valence-electron chi connectivity index (χ4n) is 3.73. The summed E-state index contributed by atoms with van der Waals surface area (Å²) in [4.78, 5) is 29.3. The molecule has 2 aromatic carbocycles. The van der Waals surface area contributed by atoms with E-state index in [4.69, 9.17) is 10.5 Å². The van der Waals surface area contributed by atoms with Crippen LogP contribution in [0.4, 0.5) is 11.5 Å². The van der Waals surface area contributed by atoms with E-state index in [1.807, 2.05) is 45.0 Å². The van der Waals surface area contributed by atoms with E-state index in [9.17, 15) is 9.59 Å². The molecule has 1 fully saturated rings. The zero-order valence-corrected chi connectivity index (χ0v) is 20.4. The normalized spacial score (nSPS) is 13.4. The van der Waals surface area contributed by atoms with Crippen LogP contribution in [0.1, 0.15) is 48.2 Å². The summed E-state index contributed by atoms with van der Waals surface area (Å²) in [7, 11) is 0. The van der Waals surface area contributed by atoms with Crippen LogP contribution in [0.15, 0.2) is 60.8 Å². The molecule has 0 unspecified atom stereocenters. The summed E-state index contributed by atoms with van der Waals surface area (Å²) in [6.07, 6.45) is 3.50. The number of benzene rings is 2. The Morgan fingerprint density at radius 2 is 1.89 bits per heavy atom. The molecule has 0 atom stereocenters. The SMILES string of the molecule is Cc1ccc(Oc2ccc3nc(NC(=O)C4CC4)cn3n2)cc1NC(=O)c1cccc(C(C)(C)N)c1. The summed E-state index contributed by atoms with van der Waals surface area (Å²) >= 11 is 0. The smallest absolute Gasteiger partial charge is 0.255 e. The zero-order chi connectivity index (χ0) is 25.4. The molecular formula is C27H28N6O3. The number of carbonyl (C=O) groups is 2. The lowest BCUT2D eigenvalue weighted by Gasteiger charge is -2.20. The van der Waals surface area contributed by atoms with Crippen molar-refractivity contribution in [2.24, 2.45) is 11.7 Å². The van der Waals surface area contributed by atoms with Crippen LogP contribution in [0.5, 0.6) is 11.6 Å². The number of nitrogens with one attached hydrogen (secondary N) is 2. The summed E-state index contributed by atoms with van der Waals surface area (Å²) in [5, 5.41) is 10.2. The van der Waals surface area contributed by atoms with E-state index in [-0.39, 0.29) is 17.7 Å². The number of fused-ring (bicyclic) bond motifs is 1. The number of ether oxygens (including phenoxy) is 1. The number of aryl methyl sites for hydroxylation is 1. The van der Waals surface area contributed by atoms with Crippen molar-refractivity contribution in [2.75, 3.05) is 10.6 Å². The van der Waals surface area contributed by atoms with Gasteiger partial charge in [-0.25, -0.2) is 9.50 Å². The van der Waals surface area contributed by atoms with Gasteiger partial charge in [-0.3, -0.25) is 9.59 Å². The molecule has 1 saturated carbocycles. The van der Waals surface area contributed by atoms with Gasteiger partial charge in [0.1, 0.15) is 5.75 Å². The molecule has 0 bridgehead atoms. The molecule has 2 heterocycles. The summed E-state index contributed by atoms with van der Waals surface area (Å²) < 4.78 is 7.51. The van der Waals surface area contributed by atoms with E-state index in [2.05, 4.69) is 20.7 Å². The Labute approximate surface area is 208 Å². The number of hydrogen-bond acceptors (Lipinski definition) is 6. The maximum atomic E-state index is 12.9. The highest BCUT2D eigenvalue weighted by Crippen LogP contribution is 2.30. The summed E-state index contributed by atoms with van der Waals surface area (Å²) in [5.41, 5.74) is 9.15. The van der Waals surface area contributed by atoms with E-state index in [0.29, 0.717) is 34.3 Å². The molecule has 9 nitrogen and oxygen atoms in total. The van der Waals surface area contributed by atoms with Gasteiger partial charge < -0.3 is 21.1 Å². The van der Waals surface area contributed by atoms with Crippen molar-refractivity contribution in [1.82, 2.24) is 14.6 Å². The maximum absolute atomic E-state index is 12.9. The molecular weight excluding hydrogens is 456 g/mol.